The Kier molecular flexibility index (Phi) is 4.20. The predicted molar refractivity (Wildman–Crippen MR) is 90.0 cm³/mol. The van der Waals surface area contributed by atoms with Gasteiger partial charge in [0, 0.05) is 16.4 Å². The number of ketones is 1. The van der Waals surface area contributed by atoms with Crippen LogP contribution in [0.2, 0.25) is 0 Å². The first-order valence-corrected chi connectivity index (χ1v) is 7.48. The summed E-state index contributed by atoms with van der Waals surface area (Å²) in [6.07, 6.45) is 0. The van der Waals surface area contributed by atoms with Crippen LogP contribution in [-0.2, 0) is 4.79 Å². The second-order valence-electron chi connectivity index (χ2n) is 6.75. The summed E-state index contributed by atoms with van der Waals surface area (Å²) >= 11 is 0. The Labute approximate surface area is 136 Å². The Morgan fingerprint density at radius 2 is 1.48 bits per heavy atom. The number of carboxylic acids is 1. The lowest BCUT2D eigenvalue weighted by atomic mass is 9.64. The molecule has 0 atom stereocenters. The van der Waals surface area contributed by atoms with Gasteiger partial charge < -0.3 is 9.84 Å². The maximum absolute atomic E-state index is 13.1. The van der Waals surface area contributed by atoms with Crippen molar-refractivity contribution in [3.8, 4) is 5.75 Å². The van der Waals surface area contributed by atoms with Crippen molar-refractivity contribution in [1.82, 2.24) is 0 Å². The number of carbonyl (C=O) groups excluding carboxylic acids is 1. The minimum atomic E-state index is -1.19. The second-order valence-corrected chi connectivity index (χ2v) is 6.75. The molecule has 2 aromatic rings. The summed E-state index contributed by atoms with van der Waals surface area (Å²) in [7, 11) is 1.58. The van der Waals surface area contributed by atoms with Gasteiger partial charge in [-0.2, -0.15) is 0 Å². The van der Waals surface area contributed by atoms with Crippen molar-refractivity contribution in [3.05, 3.63) is 42.0 Å². The topological polar surface area (TPSA) is 63.6 Å². The van der Waals surface area contributed by atoms with Crippen molar-refractivity contribution in [3.63, 3.8) is 0 Å². The van der Waals surface area contributed by atoms with Gasteiger partial charge in [-0.25, -0.2) is 0 Å². The number of carbonyl (C=O) groups is 2. The van der Waals surface area contributed by atoms with Crippen LogP contribution in [0.15, 0.2) is 36.4 Å². The molecule has 4 heteroatoms. The van der Waals surface area contributed by atoms with Crippen molar-refractivity contribution < 1.29 is 19.4 Å². The van der Waals surface area contributed by atoms with Crippen LogP contribution < -0.4 is 4.74 Å². The van der Waals surface area contributed by atoms with Crippen molar-refractivity contribution in [2.75, 3.05) is 7.11 Å². The van der Waals surface area contributed by atoms with Crippen LogP contribution in [0.4, 0.5) is 0 Å². The fourth-order valence-electron chi connectivity index (χ4n) is 2.54. The summed E-state index contributed by atoms with van der Waals surface area (Å²) in [6, 6.07) is 10.9. The van der Waals surface area contributed by atoms with E-state index >= 15 is 0 Å². The molecule has 0 spiro atoms. The molecule has 0 saturated heterocycles. The van der Waals surface area contributed by atoms with E-state index in [0.29, 0.717) is 11.3 Å². The molecule has 0 aliphatic rings. The number of Topliss-reactive ketones (excluding diaryl/α,β-unsaturated/α-hetero) is 1. The molecule has 0 amide bonds. The Morgan fingerprint density at radius 1 is 0.913 bits per heavy atom. The third-order valence-electron chi connectivity index (χ3n) is 5.01. The highest BCUT2D eigenvalue weighted by Crippen LogP contribution is 2.43. The summed E-state index contributed by atoms with van der Waals surface area (Å²) in [6.45, 7) is 6.53. The van der Waals surface area contributed by atoms with Crippen LogP contribution in [0.5, 0.6) is 5.75 Å². The number of rotatable bonds is 5. The third kappa shape index (κ3) is 2.58. The highest BCUT2D eigenvalue weighted by atomic mass is 16.5. The first kappa shape index (κ1) is 17.0. The molecular formula is C19H22O4. The molecule has 122 valence electrons. The summed E-state index contributed by atoms with van der Waals surface area (Å²) in [5.41, 5.74) is -1.73. The number of methoxy groups -OCH3 is 1. The van der Waals surface area contributed by atoms with E-state index < -0.39 is 16.8 Å². The fraction of sp³-hybridized carbons (Fsp3) is 0.368. The van der Waals surface area contributed by atoms with E-state index in [0.717, 1.165) is 10.8 Å². The number of benzene rings is 2. The number of aliphatic carboxylic acids is 1. The molecule has 0 aromatic heterocycles. The number of hydrogen-bond donors (Lipinski definition) is 1. The van der Waals surface area contributed by atoms with E-state index in [1.165, 1.54) is 0 Å². The largest absolute Gasteiger partial charge is 0.496 e. The van der Waals surface area contributed by atoms with Gasteiger partial charge >= 0.3 is 5.97 Å². The molecular weight excluding hydrogens is 292 g/mol. The lowest BCUT2D eigenvalue weighted by Gasteiger charge is -2.37. The highest BCUT2D eigenvalue weighted by molar-refractivity contribution is 6.13. The Balaban J connectivity index is 2.65. The molecule has 0 aliphatic heterocycles. The molecule has 0 radical (unpaired) electrons. The van der Waals surface area contributed by atoms with Crippen LogP contribution in [-0.4, -0.2) is 24.0 Å². The average molecular weight is 314 g/mol. The van der Waals surface area contributed by atoms with Crippen LogP contribution in [0.25, 0.3) is 10.8 Å². The predicted octanol–water partition coefficient (Wildman–Crippen LogP) is 4.17. The molecule has 0 fully saturated rings. The smallest absolute Gasteiger partial charge is 0.310 e. The van der Waals surface area contributed by atoms with Crippen LogP contribution in [0, 0.1) is 10.8 Å². The van der Waals surface area contributed by atoms with Gasteiger partial charge in [0.25, 0.3) is 0 Å². The normalized spacial score (nSPS) is 12.2. The van der Waals surface area contributed by atoms with Gasteiger partial charge in [-0.3, -0.25) is 9.59 Å². The van der Waals surface area contributed by atoms with E-state index in [1.54, 1.807) is 46.9 Å². The first-order chi connectivity index (χ1) is 10.6. The molecule has 0 unspecified atom stereocenters. The number of hydrogen-bond acceptors (Lipinski definition) is 3. The van der Waals surface area contributed by atoms with Gasteiger partial charge in [-0.05, 0) is 31.4 Å². The zero-order valence-corrected chi connectivity index (χ0v) is 14.1. The molecule has 0 bridgehead atoms. The van der Waals surface area contributed by atoms with E-state index in [4.69, 9.17) is 4.74 Å². The van der Waals surface area contributed by atoms with Crippen LogP contribution >= 0.6 is 0 Å². The van der Waals surface area contributed by atoms with Gasteiger partial charge in [0.05, 0.1) is 12.5 Å². The number of fused-ring (bicyclic) bond motifs is 1. The molecule has 4 nitrogen and oxygen atoms in total. The molecule has 2 rings (SSSR count). The van der Waals surface area contributed by atoms with Gasteiger partial charge in [0.2, 0.25) is 0 Å². The Bertz CT molecular complexity index is 772. The lowest BCUT2D eigenvalue weighted by Crippen LogP contribution is -2.45. The van der Waals surface area contributed by atoms with Gasteiger partial charge in [-0.15, -0.1) is 0 Å². The third-order valence-corrected chi connectivity index (χ3v) is 5.01. The zero-order valence-electron chi connectivity index (χ0n) is 14.1. The maximum atomic E-state index is 13.1. The molecule has 23 heavy (non-hydrogen) atoms. The quantitative estimate of drug-likeness (QED) is 0.841. The monoisotopic (exact) mass is 314 g/mol. The molecule has 2 aromatic carbocycles. The summed E-state index contributed by atoms with van der Waals surface area (Å²) in [5, 5.41) is 11.1. The minimum Gasteiger partial charge on any atom is -0.496 e. The van der Waals surface area contributed by atoms with Crippen molar-refractivity contribution in [2.24, 2.45) is 10.8 Å². The van der Waals surface area contributed by atoms with Crippen molar-refractivity contribution in [2.45, 2.75) is 27.7 Å². The van der Waals surface area contributed by atoms with Crippen LogP contribution in [0.3, 0.4) is 0 Å². The van der Waals surface area contributed by atoms with E-state index in [-0.39, 0.29) is 5.78 Å². The summed E-state index contributed by atoms with van der Waals surface area (Å²) < 4.78 is 5.35. The summed E-state index contributed by atoms with van der Waals surface area (Å²) in [4.78, 5) is 24.7. The fourth-order valence-corrected chi connectivity index (χ4v) is 2.54. The van der Waals surface area contributed by atoms with Gasteiger partial charge in [0.1, 0.15) is 5.75 Å². The zero-order chi connectivity index (χ0) is 17.4. The van der Waals surface area contributed by atoms with Crippen molar-refractivity contribution >= 4 is 22.5 Å². The highest BCUT2D eigenvalue weighted by Gasteiger charge is 2.48. The Hall–Kier alpha value is -2.36. The number of ether oxygens (including phenoxy) is 1. The van der Waals surface area contributed by atoms with Crippen LogP contribution in [0.1, 0.15) is 38.1 Å². The second kappa shape index (κ2) is 5.69. The first-order valence-electron chi connectivity index (χ1n) is 7.48. The number of carboxylic acid groups (broad SMARTS) is 1. The SMILES string of the molecule is COc1ccc(C(=O)C(C)(C)C(C)(C)C(=O)O)c2ccccc12. The molecule has 0 aliphatic carbocycles. The lowest BCUT2D eigenvalue weighted by molar-refractivity contribution is -0.151. The van der Waals surface area contributed by atoms with Gasteiger partial charge in [-0.1, -0.05) is 38.1 Å². The summed E-state index contributed by atoms with van der Waals surface area (Å²) in [5.74, 6) is -0.495. The van der Waals surface area contributed by atoms with E-state index in [1.807, 2.05) is 24.3 Å². The van der Waals surface area contributed by atoms with Crippen molar-refractivity contribution in [1.29, 1.82) is 0 Å². The van der Waals surface area contributed by atoms with Gasteiger partial charge in [0.15, 0.2) is 5.78 Å². The maximum Gasteiger partial charge on any atom is 0.310 e. The average Bonchev–Trinajstić information content (AvgIpc) is 2.52. The molecule has 0 heterocycles. The molecule has 0 saturated carbocycles. The standard InChI is InChI=1S/C19H22O4/c1-18(2,19(3,4)17(21)22)16(20)14-10-11-15(23-5)13-9-7-6-8-12(13)14/h6-11H,1-5H3,(H,21,22). The molecule has 1 N–H and O–H groups in total. The van der Waals surface area contributed by atoms with E-state index in [9.17, 15) is 14.7 Å². The Morgan fingerprint density at radius 3 is 2.00 bits per heavy atom. The minimum absolute atomic E-state index is 0.191. The van der Waals surface area contributed by atoms with E-state index in [2.05, 4.69) is 0 Å².